The molecular weight excluding hydrogens is 410 g/mol. The lowest BCUT2D eigenvalue weighted by Gasteiger charge is -2.17. The summed E-state index contributed by atoms with van der Waals surface area (Å²) < 4.78 is 19.7. The molecule has 2 heterocycles. The SMILES string of the molecule is CCn1ncc(Cl)c1CN(C)C(=O)c1ccn(COc2c(OC)cccc2OC)n1. The van der Waals surface area contributed by atoms with Gasteiger partial charge in [0.2, 0.25) is 5.75 Å². The molecule has 0 unspecified atom stereocenters. The van der Waals surface area contributed by atoms with Gasteiger partial charge in [-0.25, -0.2) is 4.68 Å². The summed E-state index contributed by atoms with van der Waals surface area (Å²) in [6.45, 7) is 3.05. The minimum Gasteiger partial charge on any atom is -0.493 e. The van der Waals surface area contributed by atoms with Gasteiger partial charge in [-0.1, -0.05) is 17.7 Å². The predicted molar refractivity (Wildman–Crippen MR) is 111 cm³/mol. The number of hydrogen-bond donors (Lipinski definition) is 0. The van der Waals surface area contributed by atoms with Crippen molar-refractivity contribution in [3.63, 3.8) is 0 Å². The number of benzene rings is 1. The standard InChI is InChI=1S/C20H24ClN5O4/c1-5-26-16(14(21)11-22-26)12-24(2)20(27)15-9-10-25(23-15)13-30-19-17(28-3)7-6-8-18(19)29-4/h6-11H,5,12-13H2,1-4H3. The molecule has 30 heavy (non-hydrogen) atoms. The van der Waals surface area contributed by atoms with Gasteiger partial charge >= 0.3 is 0 Å². The van der Waals surface area contributed by atoms with Crippen LogP contribution in [0.5, 0.6) is 17.2 Å². The highest BCUT2D eigenvalue weighted by atomic mass is 35.5. The first-order valence-corrected chi connectivity index (χ1v) is 9.69. The predicted octanol–water partition coefficient (Wildman–Crippen LogP) is 3.08. The van der Waals surface area contributed by atoms with Crippen LogP contribution in [0.4, 0.5) is 0 Å². The second kappa shape index (κ2) is 9.53. The monoisotopic (exact) mass is 433 g/mol. The quantitative estimate of drug-likeness (QED) is 0.515. The fourth-order valence-electron chi connectivity index (χ4n) is 2.95. The summed E-state index contributed by atoms with van der Waals surface area (Å²) >= 11 is 6.19. The van der Waals surface area contributed by atoms with Crippen molar-refractivity contribution in [3.8, 4) is 17.2 Å². The van der Waals surface area contributed by atoms with E-state index in [2.05, 4.69) is 10.2 Å². The molecule has 9 nitrogen and oxygen atoms in total. The molecule has 1 amide bonds. The Morgan fingerprint density at radius 2 is 1.90 bits per heavy atom. The zero-order valence-corrected chi connectivity index (χ0v) is 18.1. The maximum atomic E-state index is 12.8. The van der Waals surface area contributed by atoms with Crippen molar-refractivity contribution in [3.05, 3.63) is 53.1 Å². The van der Waals surface area contributed by atoms with Gasteiger partial charge in [0, 0.05) is 19.8 Å². The molecular formula is C20H24ClN5O4. The molecule has 0 saturated carbocycles. The van der Waals surface area contributed by atoms with Crippen LogP contribution in [0.3, 0.4) is 0 Å². The van der Waals surface area contributed by atoms with Crippen molar-refractivity contribution in [2.24, 2.45) is 0 Å². The highest BCUT2D eigenvalue weighted by Gasteiger charge is 2.19. The third-order valence-electron chi connectivity index (χ3n) is 4.51. The summed E-state index contributed by atoms with van der Waals surface area (Å²) in [7, 11) is 4.80. The Bertz CT molecular complexity index is 994. The lowest BCUT2D eigenvalue weighted by atomic mass is 10.3. The molecule has 0 aliphatic heterocycles. The minimum atomic E-state index is -0.233. The van der Waals surface area contributed by atoms with E-state index in [4.69, 9.17) is 25.8 Å². The molecule has 0 radical (unpaired) electrons. The van der Waals surface area contributed by atoms with Crippen LogP contribution in [0.25, 0.3) is 0 Å². The fraction of sp³-hybridized carbons (Fsp3) is 0.350. The van der Waals surface area contributed by atoms with E-state index in [-0.39, 0.29) is 12.6 Å². The van der Waals surface area contributed by atoms with E-state index in [1.165, 1.54) is 4.68 Å². The normalized spacial score (nSPS) is 10.7. The Labute approximate surface area is 179 Å². The van der Waals surface area contributed by atoms with Gasteiger partial charge in [-0.15, -0.1) is 0 Å². The maximum Gasteiger partial charge on any atom is 0.274 e. The molecule has 0 fully saturated rings. The van der Waals surface area contributed by atoms with Gasteiger partial charge in [-0.05, 0) is 25.1 Å². The zero-order chi connectivity index (χ0) is 21.7. The van der Waals surface area contributed by atoms with Gasteiger partial charge in [0.15, 0.2) is 23.9 Å². The Balaban J connectivity index is 1.67. The second-order valence-electron chi connectivity index (χ2n) is 6.42. The summed E-state index contributed by atoms with van der Waals surface area (Å²) in [6.07, 6.45) is 3.25. The summed E-state index contributed by atoms with van der Waals surface area (Å²) in [4.78, 5) is 14.3. The van der Waals surface area contributed by atoms with Crippen molar-refractivity contribution >= 4 is 17.5 Å². The first-order chi connectivity index (χ1) is 14.5. The van der Waals surface area contributed by atoms with Crippen molar-refractivity contribution in [1.29, 1.82) is 0 Å². The second-order valence-corrected chi connectivity index (χ2v) is 6.83. The van der Waals surface area contributed by atoms with Crippen LogP contribution in [-0.2, 0) is 19.8 Å². The molecule has 3 aromatic rings. The Morgan fingerprint density at radius 1 is 1.20 bits per heavy atom. The minimum absolute atomic E-state index is 0.0855. The molecule has 0 atom stereocenters. The molecule has 10 heteroatoms. The number of hydrogen-bond acceptors (Lipinski definition) is 6. The molecule has 1 aromatic carbocycles. The number of ether oxygens (including phenoxy) is 3. The van der Waals surface area contributed by atoms with E-state index >= 15 is 0 Å². The Hall–Kier alpha value is -3.20. The van der Waals surface area contributed by atoms with E-state index in [1.807, 2.05) is 13.0 Å². The average molecular weight is 434 g/mol. The molecule has 0 saturated heterocycles. The first-order valence-electron chi connectivity index (χ1n) is 9.31. The summed E-state index contributed by atoms with van der Waals surface area (Å²) in [5.74, 6) is 1.32. The average Bonchev–Trinajstić information content (AvgIpc) is 3.38. The number of halogens is 1. The third-order valence-corrected chi connectivity index (χ3v) is 4.83. The summed E-state index contributed by atoms with van der Waals surface area (Å²) in [5.41, 5.74) is 1.08. The van der Waals surface area contributed by atoms with Crippen LogP contribution in [0.1, 0.15) is 23.1 Å². The molecule has 0 aliphatic rings. The number of aromatic nitrogens is 4. The number of rotatable bonds is 9. The molecule has 3 rings (SSSR count). The summed E-state index contributed by atoms with van der Waals surface area (Å²) in [6, 6.07) is 7.00. The highest BCUT2D eigenvalue weighted by molar-refractivity contribution is 6.31. The highest BCUT2D eigenvalue weighted by Crippen LogP contribution is 2.36. The maximum absolute atomic E-state index is 12.8. The van der Waals surface area contributed by atoms with Gasteiger partial charge in [0.1, 0.15) is 0 Å². The molecule has 0 spiro atoms. The lowest BCUT2D eigenvalue weighted by molar-refractivity contribution is 0.0773. The van der Waals surface area contributed by atoms with Crippen molar-refractivity contribution in [2.45, 2.75) is 26.7 Å². The van der Waals surface area contributed by atoms with E-state index in [1.54, 1.807) is 61.4 Å². The number of carbonyl (C=O) groups excluding carboxylic acids is 1. The number of amides is 1. The zero-order valence-electron chi connectivity index (χ0n) is 17.3. The van der Waals surface area contributed by atoms with Crippen molar-refractivity contribution in [2.75, 3.05) is 21.3 Å². The molecule has 0 N–H and O–H groups in total. The number of methoxy groups -OCH3 is 2. The third kappa shape index (κ3) is 4.51. The number of aryl methyl sites for hydroxylation is 1. The van der Waals surface area contributed by atoms with Gasteiger partial charge < -0.3 is 19.1 Å². The van der Waals surface area contributed by atoms with E-state index < -0.39 is 0 Å². The van der Waals surface area contributed by atoms with Crippen LogP contribution in [0.2, 0.25) is 5.02 Å². The van der Waals surface area contributed by atoms with Crippen LogP contribution < -0.4 is 14.2 Å². The van der Waals surface area contributed by atoms with Crippen LogP contribution in [0, 0.1) is 0 Å². The van der Waals surface area contributed by atoms with E-state index in [0.717, 1.165) is 5.69 Å². The van der Waals surface area contributed by atoms with E-state index in [0.29, 0.717) is 41.1 Å². The van der Waals surface area contributed by atoms with E-state index in [9.17, 15) is 4.79 Å². The Kier molecular flexibility index (Phi) is 6.83. The number of carbonyl (C=O) groups is 1. The Morgan fingerprint density at radius 3 is 2.53 bits per heavy atom. The fourth-order valence-corrected chi connectivity index (χ4v) is 3.15. The largest absolute Gasteiger partial charge is 0.493 e. The van der Waals surface area contributed by atoms with Gasteiger partial charge in [0.25, 0.3) is 5.91 Å². The van der Waals surface area contributed by atoms with Crippen LogP contribution in [0.15, 0.2) is 36.7 Å². The van der Waals surface area contributed by atoms with Gasteiger partial charge in [-0.2, -0.15) is 10.2 Å². The number of para-hydroxylation sites is 1. The van der Waals surface area contributed by atoms with Crippen molar-refractivity contribution in [1.82, 2.24) is 24.5 Å². The first kappa shape index (κ1) is 21.5. The molecule has 0 aliphatic carbocycles. The lowest BCUT2D eigenvalue weighted by Crippen LogP contribution is -2.28. The van der Waals surface area contributed by atoms with Crippen LogP contribution >= 0.6 is 11.6 Å². The molecule has 160 valence electrons. The molecule has 2 aromatic heterocycles. The van der Waals surface area contributed by atoms with Gasteiger partial charge in [0.05, 0.1) is 37.7 Å². The number of nitrogens with zero attached hydrogens (tertiary/aromatic N) is 5. The topological polar surface area (TPSA) is 83.6 Å². The van der Waals surface area contributed by atoms with Gasteiger partial charge in [-0.3, -0.25) is 9.48 Å². The smallest absolute Gasteiger partial charge is 0.274 e. The van der Waals surface area contributed by atoms with Crippen LogP contribution in [-0.4, -0.2) is 51.6 Å². The molecule has 0 bridgehead atoms. The summed E-state index contributed by atoms with van der Waals surface area (Å²) in [5, 5.41) is 9.04. The van der Waals surface area contributed by atoms with Crippen molar-refractivity contribution < 1.29 is 19.0 Å².